The second kappa shape index (κ2) is 4.78. The van der Waals surface area contributed by atoms with Crippen molar-refractivity contribution in [3.63, 3.8) is 0 Å². The van der Waals surface area contributed by atoms with Crippen molar-refractivity contribution in [2.45, 2.75) is 6.42 Å². The number of hydrogen-bond acceptors (Lipinski definition) is 5. The van der Waals surface area contributed by atoms with Crippen LogP contribution in [-0.2, 0) is 11.2 Å². The molecule has 0 aliphatic rings. The number of nitrogens with two attached hydrogens (primary N) is 1. The molecule has 5 heteroatoms. The Balaban J connectivity index is 2.22. The molecule has 0 unspecified atom stereocenters. The van der Waals surface area contributed by atoms with Gasteiger partial charge in [-0.2, -0.15) is 5.10 Å². The van der Waals surface area contributed by atoms with Crippen molar-refractivity contribution in [2.75, 3.05) is 19.5 Å². The van der Waals surface area contributed by atoms with Gasteiger partial charge in [0.05, 0.1) is 17.8 Å². The van der Waals surface area contributed by atoms with Crippen LogP contribution in [0.3, 0.4) is 0 Å². The first-order valence-corrected chi connectivity index (χ1v) is 6.09. The highest BCUT2D eigenvalue weighted by Gasteiger charge is 2.08. The molecule has 0 aliphatic heterocycles. The number of nitrogens with zero attached hydrogens (tertiary/aromatic N) is 3. The summed E-state index contributed by atoms with van der Waals surface area (Å²) in [5.41, 5.74) is 8.40. The van der Waals surface area contributed by atoms with Crippen LogP contribution >= 0.6 is 0 Å². The molecule has 2 heterocycles. The molecule has 19 heavy (non-hydrogen) atoms. The minimum Gasteiger partial charge on any atom is -0.384 e. The van der Waals surface area contributed by atoms with Crippen LogP contribution in [0.4, 0.5) is 5.82 Å². The summed E-state index contributed by atoms with van der Waals surface area (Å²) >= 11 is 0. The van der Waals surface area contributed by atoms with Gasteiger partial charge in [0.2, 0.25) is 0 Å². The van der Waals surface area contributed by atoms with Crippen LogP contribution in [0.15, 0.2) is 30.3 Å². The van der Waals surface area contributed by atoms with Crippen molar-refractivity contribution in [1.29, 1.82) is 0 Å². The van der Waals surface area contributed by atoms with Crippen LogP contribution in [0.1, 0.15) is 5.69 Å². The summed E-state index contributed by atoms with van der Waals surface area (Å²) in [6.07, 6.45) is 0.716. The van der Waals surface area contributed by atoms with Gasteiger partial charge in [-0.15, -0.1) is 5.10 Å². The van der Waals surface area contributed by atoms with E-state index in [4.69, 9.17) is 10.5 Å². The standard InChI is InChI=1S/C14H14N4O/c1-19-7-6-9-8-12-13(18-17-9)10-4-2-3-5-11(10)14(15)16-12/h2-5,8H,6-7H2,1H3,(H2,15,16). The average Bonchev–Trinajstić information content (AvgIpc) is 2.45. The van der Waals surface area contributed by atoms with E-state index in [0.717, 1.165) is 27.5 Å². The molecule has 3 aromatic rings. The van der Waals surface area contributed by atoms with Gasteiger partial charge in [-0.3, -0.25) is 0 Å². The minimum atomic E-state index is 0.522. The fourth-order valence-corrected chi connectivity index (χ4v) is 2.13. The second-order valence-corrected chi connectivity index (χ2v) is 4.35. The quantitative estimate of drug-likeness (QED) is 0.723. The normalized spacial score (nSPS) is 11.2. The van der Waals surface area contributed by atoms with Crippen LogP contribution in [-0.4, -0.2) is 28.9 Å². The highest BCUT2D eigenvalue weighted by Crippen LogP contribution is 2.25. The number of rotatable bonds is 3. The lowest BCUT2D eigenvalue weighted by Gasteiger charge is -2.06. The van der Waals surface area contributed by atoms with E-state index in [-0.39, 0.29) is 0 Å². The van der Waals surface area contributed by atoms with Crippen LogP contribution < -0.4 is 5.73 Å². The molecule has 0 saturated carbocycles. The molecule has 0 spiro atoms. The number of fused-ring (bicyclic) bond motifs is 3. The number of nitrogen functional groups attached to an aromatic ring is 1. The Morgan fingerprint density at radius 2 is 1.95 bits per heavy atom. The number of pyridine rings is 1. The lowest BCUT2D eigenvalue weighted by atomic mass is 10.1. The topological polar surface area (TPSA) is 73.9 Å². The molecule has 5 nitrogen and oxygen atoms in total. The lowest BCUT2D eigenvalue weighted by Crippen LogP contribution is -2.01. The van der Waals surface area contributed by atoms with Crippen molar-refractivity contribution in [1.82, 2.24) is 15.2 Å². The zero-order chi connectivity index (χ0) is 13.2. The molecule has 0 bridgehead atoms. The molecule has 3 rings (SSSR count). The molecule has 2 N–H and O–H groups in total. The van der Waals surface area contributed by atoms with Gasteiger partial charge < -0.3 is 10.5 Å². The third-order valence-electron chi connectivity index (χ3n) is 3.09. The predicted octanol–water partition coefficient (Wildman–Crippen LogP) is 1.95. The molecule has 0 atom stereocenters. The second-order valence-electron chi connectivity index (χ2n) is 4.35. The predicted molar refractivity (Wildman–Crippen MR) is 74.8 cm³/mol. The Labute approximate surface area is 110 Å². The van der Waals surface area contributed by atoms with Crippen molar-refractivity contribution >= 4 is 27.6 Å². The number of anilines is 1. The highest BCUT2D eigenvalue weighted by molar-refractivity contribution is 6.07. The first kappa shape index (κ1) is 11.8. The summed E-state index contributed by atoms with van der Waals surface area (Å²) in [5.74, 6) is 0.522. The van der Waals surface area contributed by atoms with E-state index in [9.17, 15) is 0 Å². The molecular weight excluding hydrogens is 240 g/mol. The SMILES string of the molecule is COCCc1cc2nc(N)c3ccccc3c2nn1. The number of benzene rings is 1. The van der Waals surface area contributed by atoms with Crippen molar-refractivity contribution in [3.8, 4) is 0 Å². The molecule has 1 aromatic carbocycles. The van der Waals surface area contributed by atoms with Crippen LogP contribution in [0.5, 0.6) is 0 Å². The summed E-state index contributed by atoms with van der Waals surface area (Å²) < 4.78 is 5.04. The maximum atomic E-state index is 5.99. The Bertz CT molecular complexity index is 742. The van der Waals surface area contributed by atoms with Crippen molar-refractivity contribution in [2.24, 2.45) is 0 Å². The lowest BCUT2D eigenvalue weighted by molar-refractivity contribution is 0.201. The Kier molecular flexibility index (Phi) is 2.97. The van der Waals surface area contributed by atoms with E-state index >= 15 is 0 Å². The van der Waals surface area contributed by atoms with Gasteiger partial charge >= 0.3 is 0 Å². The molecule has 2 aromatic heterocycles. The average molecular weight is 254 g/mol. The molecule has 0 aliphatic carbocycles. The number of methoxy groups -OCH3 is 1. The van der Waals surface area contributed by atoms with Gasteiger partial charge in [0.1, 0.15) is 11.3 Å². The monoisotopic (exact) mass is 254 g/mol. The maximum absolute atomic E-state index is 5.99. The van der Waals surface area contributed by atoms with E-state index in [2.05, 4.69) is 15.2 Å². The number of ether oxygens (including phenoxy) is 1. The van der Waals surface area contributed by atoms with Crippen LogP contribution in [0.25, 0.3) is 21.8 Å². The maximum Gasteiger partial charge on any atom is 0.132 e. The number of hydrogen-bond donors (Lipinski definition) is 1. The highest BCUT2D eigenvalue weighted by atomic mass is 16.5. The van der Waals surface area contributed by atoms with Gasteiger partial charge in [-0.1, -0.05) is 24.3 Å². The van der Waals surface area contributed by atoms with E-state index in [0.29, 0.717) is 18.8 Å². The minimum absolute atomic E-state index is 0.522. The largest absolute Gasteiger partial charge is 0.384 e. The summed E-state index contributed by atoms with van der Waals surface area (Å²) in [6.45, 7) is 0.614. The van der Waals surface area contributed by atoms with Crippen LogP contribution in [0, 0.1) is 0 Å². The van der Waals surface area contributed by atoms with Crippen molar-refractivity contribution < 1.29 is 4.74 Å². The molecule has 0 fully saturated rings. The third kappa shape index (κ3) is 2.08. The third-order valence-corrected chi connectivity index (χ3v) is 3.09. The summed E-state index contributed by atoms with van der Waals surface area (Å²) in [5, 5.41) is 10.4. The van der Waals surface area contributed by atoms with E-state index in [1.165, 1.54) is 0 Å². The summed E-state index contributed by atoms with van der Waals surface area (Å²) in [7, 11) is 1.66. The first-order valence-electron chi connectivity index (χ1n) is 6.09. The molecular formula is C14H14N4O. The summed E-state index contributed by atoms with van der Waals surface area (Å²) in [6, 6.07) is 9.75. The number of aromatic nitrogens is 3. The smallest absolute Gasteiger partial charge is 0.132 e. The molecule has 0 saturated heterocycles. The van der Waals surface area contributed by atoms with E-state index in [1.54, 1.807) is 7.11 Å². The van der Waals surface area contributed by atoms with Crippen molar-refractivity contribution in [3.05, 3.63) is 36.0 Å². The van der Waals surface area contributed by atoms with E-state index < -0.39 is 0 Å². The Hall–Kier alpha value is -2.27. The molecule has 0 amide bonds. The Morgan fingerprint density at radius 3 is 2.74 bits per heavy atom. The molecule has 0 radical (unpaired) electrons. The fourth-order valence-electron chi connectivity index (χ4n) is 2.13. The van der Waals surface area contributed by atoms with E-state index in [1.807, 2.05) is 30.3 Å². The fraction of sp³-hybridized carbons (Fsp3) is 0.214. The van der Waals surface area contributed by atoms with Gasteiger partial charge in [0, 0.05) is 24.3 Å². The van der Waals surface area contributed by atoms with Gasteiger partial charge in [0.25, 0.3) is 0 Å². The van der Waals surface area contributed by atoms with Gasteiger partial charge in [0.15, 0.2) is 0 Å². The Morgan fingerprint density at radius 1 is 1.16 bits per heavy atom. The summed E-state index contributed by atoms with van der Waals surface area (Å²) in [4.78, 5) is 4.41. The van der Waals surface area contributed by atoms with Gasteiger partial charge in [-0.25, -0.2) is 4.98 Å². The molecule has 96 valence electrons. The zero-order valence-electron chi connectivity index (χ0n) is 10.6. The van der Waals surface area contributed by atoms with Gasteiger partial charge in [-0.05, 0) is 6.07 Å². The first-order chi connectivity index (χ1) is 9.29. The van der Waals surface area contributed by atoms with Crippen LogP contribution in [0.2, 0.25) is 0 Å². The zero-order valence-corrected chi connectivity index (χ0v) is 10.6.